The van der Waals surface area contributed by atoms with Crippen molar-refractivity contribution in [3.8, 4) is 0 Å². The largest absolute Gasteiger partial charge is 0.462 e. The molecule has 2 aromatic rings. The number of aromatic nitrogens is 1. The molecule has 0 aromatic carbocycles. The summed E-state index contributed by atoms with van der Waals surface area (Å²) in [5, 5.41) is 1.33. The van der Waals surface area contributed by atoms with Gasteiger partial charge in [0.05, 0.1) is 18.8 Å². The zero-order valence-corrected chi connectivity index (χ0v) is 15.1. The first-order valence-corrected chi connectivity index (χ1v) is 9.65. The van der Waals surface area contributed by atoms with E-state index in [0.717, 1.165) is 11.3 Å². The van der Waals surface area contributed by atoms with Crippen LogP contribution in [-0.2, 0) is 19.5 Å². The first-order valence-electron chi connectivity index (χ1n) is 7.29. The van der Waals surface area contributed by atoms with E-state index in [1.165, 1.54) is 29.9 Å². The average Bonchev–Trinajstić information content (AvgIpc) is 2.99. The molecular formula is C15H16N2O6S2. The molecule has 1 N–H and O–H groups in total. The smallest absolute Gasteiger partial charge is 0.342 e. The summed E-state index contributed by atoms with van der Waals surface area (Å²) in [4.78, 5) is 27.9. The molecule has 8 nitrogen and oxygen atoms in total. The molecule has 0 unspecified atom stereocenters. The quantitative estimate of drug-likeness (QED) is 0.729. The van der Waals surface area contributed by atoms with Crippen LogP contribution in [0.15, 0.2) is 34.8 Å². The highest BCUT2D eigenvalue weighted by molar-refractivity contribution is 7.93. The van der Waals surface area contributed by atoms with Crippen molar-refractivity contribution in [1.82, 2.24) is 4.98 Å². The van der Waals surface area contributed by atoms with E-state index in [0.29, 0.717) is 0 Å². The van der Waals surface area contributed by atoms with Crippen molar-refractivity contribution in [3.63, 3.8) is 0 Å². The monoisotopic (exact) mass is 384 g/mol. The van der Waals surface area contributed by atoms with Crippen LogP contribution in [0.2, 0.25) is 0 Å². The van der Waals surface area contributed by atoms with Crippen LogP contribution >= 0.6 is 11.3 Å². The van der Waals surface area contributed by atoms with Crippen molar-refractivity contribution in [2.45, 2.75) is 18.7 Å². The van der Waals surface area contributed by atoms with Crippen molar-refractivity contribution in [1.29, 1.82) is 0 Å². The molecule has 0 atom stereocenters. The van der Waals surface area contributed by atoms with Crippen LogP contribution < -0.4 is 4.72 Å². The van der Waals surface area contributed by atoms with Gasteiger partial charge in [0.2, 0.25) is 0 Å². The molecule has 2 aromatic heterocycles. The second kappa shape index (κ2) is 8.08. The van der Waals surface area contributed by atoms with Crippen LogP contribution in [0.5, 0.6) is 0 Å². The van der Waals surface area contributed by atoms with Crippen LogP contribution in [0.1, 0.15) is 34.6 Å². The Kier molecular flexibility index (Phi) is 6.10. The topological polar surface area (TPSA) is 112 Å². The Morgan fingerprint density at radius 1 is 1.20 bits per heavy atom. The van der Waals surface area contributed by atoms with Gasteiger partial charge in [0.1, 0.15) is 15.5 Å². The molecule has 134 valence electrons. The molecule has 0 spiro atoms. The summed E-state index contributed by atoms with van der Waals surface area (Å²) in [6, 6.07) is 2.83. The van der Waals surface area contributed by atoms with E-state index in [9.17, 15) is 18.0 Å². The fourth-order valence-electron chi connectivity index (χ4n) is 1.89. The number of hydrogen-bond donors (Lipinski definition) is 1. The Balaban J connectivity index is 2.44. The van der Waals surface area contributed by atoms with Crippen molar-refractivity contribution >= 4 is 38.3 Å². The van der Waals surface area contributed by atoms with Crippen molar-refractivity contribution in [3.05, 3.63) is 41.0 Å². The van der Waals surface area contributed by atoms with Crippen LogP contribution in [0, 0.1) is 0 Å². The van der Waals surface area contributed by atoms with E-state index in [2.05, 4.69) is 9.71 Å². The zero-order valence-electron chi connectivity index (χ0n) is 13.5. The number of rotatable bonds is 7. The summed E-state index contributed by atoms with van der Waals surface area (Å²) in [6.07, 6.45) is 2.61. The van der Waals surface area contributed by atoms with Gasteiger partial charge in [-0.05, 0) is 26.0 Å². The highest BCUT2D eigenvalue weighted by Crippen LogP contribution is 2.31. The first-order chi connectivity index (χ1) is 11.9. The van der Waals surface area contributed by atoms with Gasteiger partial charge >= 0.3 is 11.9 Å². The van der Waals surface area contributed by atoms with Gasteiger partial charge in [0.25, 0.3) is 10.0 Å². The minimum Gasteiger partial charge on any atom is -0.462 e. The molecule has 0 fully saturated rings. The van der Waals surface area contributed by atoms with Crippen LogP contribution in [-0.4, -0.2) is 38.6 Å². The number of pyridine rings is 1. The Labute approximate surface area is 148 Å². The second-order valence-corrected chi connectivity index (χ2v) is 7.15. The number of ether oxygens (including phenoxy) is 2. The number of anilines is 1. The highest BCUT2D eigenvalue weighted by Gasteiger charge is 2.28. The third-order valence-corrected chi connectivity index (χ3v) is 5.30. The third kappa shape index (κ3) is 4.34. The molecule has 25 heavy (non-hydrogen) atoms. The third-order valence-electron chi connectivity index (χ3n) is 2.94. The Morgan fingerprint density at radius 3 is 2.48 bits per heavy atom. The lowest BCUT2D eigenvalue weighted by atomic mass is 10.2. The molecule has 2 heterocycles. The summed E-state index contributed by atoms with van der Waals surface area (Å²) in [5.41, 5.74) is -0.216. The number of sulfonamides is 1. The molecule has 10 heteroatoms. The standard InChI is InChI=1S/C15H16N2O6S2/c1-3-22-14(18)11-9-24-13(12(11)15(19)23-4-2)17-25(20,21)10-6-5-7-16-8-10/h5-9,17H,3-4H2,1-2H3. The van der Waals surface area contributed by atoms with Gasteiger partial charge in [0, 0.05) is 17.8 Å². The molecular weight excluding hydrogens is 368 g/mol. The predicted molar refractivity (Wildman–Crippen MR) is 91.3 cm³/mol. The van der Waals surface area contributed by atoms with E-state index in [4.69, 9.17) is 9.47 Å². The average molecular weight is 384 g/mol. The van der Waals surface area contributed by atoms with E-state index >= 15 is 0 Å². The molecule has 0 aliphatic carbocycles. The van der Waals surface area contributed by atoms with Crippen molar-refractivity contribution in [2.24, 2.45) is 0 Å². The fourth-order valence-corrected chi connectivity index (χ4v) is 4.09. The minimum absolute atomic E-state index is 0.0228. The molecule has 0 aliphatic heterocycles. The summed E-state index contributed by atoms with van der Waals surface area (Å²) in [6.45, 7) is 3.42. The summed E-state index contributed by atoms with van der Waals surface area (Å²) < 4.78 is 37.0. The van der Waals surface area contributed by atoms with Crippen LogP contribution in [0.4, 0.5) is 5.00 Å². The number of nitrogens with zero attached hydrogens (tertiary/aromatic N) is 1. The SMILES string of the molecule is CCOC(=O)c1csc(NS(=O)(=O)c2cccnc2)c1C(=O)OCC. The second-order valence-electron chi connectivity index (χ2n) is 4.59. The minimum atomic E-state index is -3.97. The first kappa shape index (κ1) is 18.9. The summed E-state index contributed by atoms with van der Waals surface area (Å²) in [7, 11) is -3.97. The Bertz CT molecular complexity index is 861. The van der Waals surface area contributed by atoms with Crippen LogP contribution in [0.3, 0.4) is 0 Å². The van der Waals surface area contributed by atoms with Gasteiger partial charge in [-0.1, -0.05) is 0 Å². The number of carbonyl (C=O) groups is 2. The lowest BCUT2D eigenvalue weighted by Gasteiger charge is -2.09. The molecule has 0 aliphatic rings. The number of thiophene rings is 1. The lowest BCUT2D eigenvalue weighted by molar-refractivity contribution is 0.0481. The van der Waals surface area contributed by atoms with Crippen molar-refractivity contribution in [2.75, 3.05) is 17.9 Å². The Morgan fingerprint density at radius 2 is 1.88 bits per heavy atom. The zero-order chi connectivity index (χ0) is 18.4. The van der Waals surface area contributed by atoms with Crippen LogP contribution in [0.25, 0.3) is 0 Å². The number of hydrogen-bond acceptors (Lipinski definition) is 8. The summed E-state index contributed by atoms with van der Waals surface area (Å²) >= 11 is 0.894. The van der Waals surface area contributed by atoms with Gasteiger partial charge in [-0.2, -0.15) is 0 Å². The van der Waals surface area contributed by atoms with E-state index in [1.54, 1.807) is 13.8 Å². The molecule has 0 saturated carbocycles. The van der Waals surface area contributed by atoms with Gasteiger partial charge in [0.15, 0.2) is 0 Å². The maximum atomic E-state index is 12.4. The van der Waals surface area contributed by atoms with Gasteiger partial charge in [-0.3, -0.25) is 9.71 Å². The number of carbonyl (C=O) groups excluding carboxylic acids is 2. The van der Waals surface area contributed by atoms with Gasteiger partial charge in [-0.15, -0.1) is 11.3 Å². The van der Waals surface area contributed by atoms with Gasteiger partial charge < -0.3 is 9.47 Å². The van der Waals surface area contributed by atoms with Crippen molar-refractivity contribution < 1.29 is 27.5 Å². The predicted octanol–water partition coefficient (Wildman–Crippen LogP) is 2.30. The molecule has 0 radical (unpaired) electrons. The fraction of sp³-hybridized carbons (Fsp3) is 0.267. The number of nitrogens with one attached hydrogen (secondary N) is 1. The molecule has 2 rings (SSSR count). The highest BCUT2D eigenvalue weighted by atomic mass is 32.2. The van der Waals surface area contributed by atoms with E-state index in [1.807, 2.05) is 0 Å². The van der Waals surface area contributed by atoms with E-state index < -0.39 is 22.0 Å². The molecule has 0 saturated heterocycles. The maximum absolute atomic E-state index is 12.4. The summed E-state index contributed by atoms with van der Waals surface area (Å²) in [5.74, 6) is -1.54. The molecule has 0 bridgehead atoms. The Hall–Kier alpha value is -2.46. The molecule has 0 amide bonds. The maximum Gasteiger partial charge on any atom is 0.342 e. The van der Waals surface area contributed by atoms with E-state index in [-0.39, 0.29) is 34.2 Å². The normalized spacial score (nSPS) is 11.0. The van der Waals surface area contributed by atoms with Gasteiger partial charge in [-0.25, -0.2) is 18.0 Å². The number of esters is 2. The lowest BCUT2D eigenvalue weighted by Crippen LogP contribution is -2.17.